The van der Waals surface area contributed by atoms with Gasteiger partial charge in [-0.25, -0.2) is 4.79 Å². The van der Waals surface area contributed by atoms with Crippen LogP contribution in [0.3, 0.4) is 0 Å². The molecule has 3 N–H and O–H groups in total. The zero-order valence-corrected chi connectivity index (χ0v) is 14.0. The average molecular weight is 333 g/mol. The van der Waals surface area contributed by atoms with Gasteiger partial charge in [-0.3, -0.25) is 9.59 Å². The molecule has 3 amide bonds. The van der Waals surface area contributed by atoms with Gasteiger partial charge in [0.05, 0.1) is 5.41 Å². The molecule has 1 aliphatic heterocycles. The topological polar surface area (TPSA) is 98.7 Å². The standard InChI is InChI=1S/C17H23N3O4/c1-12(21)19-14-5-3-13(4-6-14)7-9-18-16(24)20-10-8-17(2,11-20)15(22)23/h3-6H,7-11H2,1-2H3,(H,18,24)(H,19,21)(H,22,23). The van der Waals surface area contributed by atoms with Crippen LogP contribution in [0.4, 0.5) is 10.5 Å². The fourth-order valence-electron chi connectivity index (χ4n) is 2.69. The lowest BCUT2D eigenvalue weighted by Crippen LogP contribution is -2.41. The highest BCUT2D eigenvalue weighted by Gasteiger charge is 2.42. The quantitative estimate of drug-likeness (QED) is 0.763. The molecule has 0 spiro atoms. The van der Waals surface area contributed by atoms with Crippen molar-refractivity contribution < 1.29 is 19.5 Å². The fraction of sp³-hybridized carbons (Fsp3) is 0.471. The van der Waals surface area contributed by atoms with Crippen molar-refractivity contribution >= 4 is 23.6 Å². The minimum atomic E-state index is -0.864. The highest BCUT2D eigenvalue weighted by atomic mass is 16.4. The summed E-state index contributed by atoms with van der Waals surface area (Å²) < 4.78 is 0. The predicted octanol–water partition coefficient (Wildman–Crippen LogP) is 1.69. The van der Waals surface area contributed by atoms with Crippen molar-refractivity contribution in [2.24, 2.45) is 5.41 Å². The third kappa shape index (κ3) is 4.47. The Morgan fingerprint density at radius 2 is 1.92 bits per heavy atom. The lowest BCUT2D eigenvalue weighted by Gasteiger charge is -2.20. The van der Waals surface area contributed by atoms with Crippen molar-refractivity contribution in [3.05, 3.63) is 29.8 Å². The van der Waals surface area contributed by atoms with Crippen LogP contribution in [0.15, 0.2) is 24.3 Å². The monoisotopic (exact) mass is 333 g/mol. The largest absolute Gasteiger partial charge is 0.481 e. The Morgan fingerprint density at radius 1 is 1.25 bits per heavy atom. The molecule has 1 aliphatic rings. The highest BCUT2D eigenvalue weighted by Crippen LogP contribution is 2.29. The summed E-state index contributed by atoms with van der Waals surface area (Å²) in [6.45, 7) is 4.29. The van der Waals surface area contributed by atoms with Crippen molar-refractivity contribution in [2.45, 2.75) is 26.7 Å². The first-order chi connectivity index (χ1) is 11.3. The molecule has 1 aromatic rings. The predicted molar refractivity (Wildman–Crippen MR) is 89.8 cm³/mol. The zero-order chi connectivity index (χ0) is 17.7. The number of rotatable bonds is 5. The van der Waals surface area contributed by atoms with Crippen LogP contribution in [0.2, 0.25) is 0 Å². The smallest absolute Gasteiger partial charge is 0.317 e. The van der Waals surface area contributed by atoms with Crippen LogP contribution in [-0.2, 0) is 16.0 Å². The molecule has 0 saturated carbocycles. The SMILES string of the molecule is CC(=O)Nc1ccc(CCNC(=O)N2CCC(C)(C(=O)O)C2)cc1. The van der Waals surface area contributed by atoms with Crippen molar-refractivity contribution in [2.75, 3.05) is 25.0 Å². The lowest BCUT2D eigenvalue weighted by molar-refractivity contribution is -0.147. The van der Waals surface area contributed by atoms with E-state index in [0.29, 0.717) is 25.9 Å². The molecule has 0 aromatic heterocycles. The van der Waals surface area contributed by atoms with Gasteiger partial charge < -0.3 is 20.6 Å². The summed E-state index contributed by atoms with van der Waals surface area (Å²) in [6, 6.07) is 7.20. The van der Waals surface area contributed by atoms with Crippen LogP contribution < -0.4 is 10.6 Å². The van der Waals surface area contributed by atoms with Crippen molar-refractivity contribution in [3.8, 4) is 0 Å². The second-order valence-corrected chi connectivity index (χ2v) is 6.40. The van der Waals surface area contributed by atoms with Crippen LogP contribution in [0.1, 0.15) is 25.8 Å². The van der Waals surface area contributed by atoms with Gasteiger partial charge in [0.25, 0.3) is 0 Å². The number of carboxylic acids is 1. The van der Waals surface area contributed by atoms with Crippen LogP contribution in [0.5, 0.6) is 0 Å². The Bertz CT molecular complexity index is 629. The Morgan fingerprint density at radius 3 is 2.46 bits per heavy atom. The van der Waals surface area contributed by atoms with E-state index < -0.39 is 11.4 Å². The number of benzene rings is 1. The molecule has 0 bridgehead atoms. The number of hydrogen-bond acceptors (Lipinski definition) is 3. The molecule has 0 radical (unpaired) electrons. The maximum absolute atomic E-state index is 12.1. The van der Waals surface area contributed by atoms with Crippen LogP contribution in [0.25, 0.3) is 0 Å². The van der Waals surface area contributed by atoms with Gasteiger partial charge in [-0.15, -0.1) is 0 Å². The van der Waals surface area contributed by atoms with E-state index >= 15 is 0 Å². The maximum atomic E-state index is 12.1. The molecule has 0 aliphatic carbocycles. The van der Waals surface area contributed by atoms with E-state index in [4.69, 9.17) is 0 Å². The number of likely N-dealkylation sites (tertiary alicyclic amines) is 1. The number of nitrogens with one attached hydrogen (secondary N) is 2. The number of urea groups is 1. The van der Waals surface area contributed by atoms with Gasteiger partial charge in [-0.05, 0) is 37.5 Å². The first kappa shape index (κ1) is 17.8. The maximum Gasteiger partial charge on any atom is 0.317 e. The van der Waals surface area contributed by atoms with E-state index in [2.05, 4.69) is 10.6 Å². The third-order valence-electron chi connectivity index (χ3n) is 4.24. The number of carboxylic acid groups (broad SMARTS) is 1. The van der Waals surface area contributed by atoms with Gasteiger partial charge >= 0.3 is 12.0 Å². The Kier molecular flexibility index (Phi) is 5.43. The molecule has 2 rings (SSSR count). The average Bonchev–Trinajstić information content (AvgIpc) is 2.92. The molecule has 1 heterocycles. The number of aliphatic carboxylic acids is 1. The zero-order valence-electron chi connectivity index (χ0n) is 14.0. The molecule has 7 nitrogen and oxygen atoms in total. The van der Waals surface area contributed by atoms with Crippen molar-refractivity contribution in [3.63, 3.8) is 0 Å². The van der Waals surface area contributed by atoms with Gasteiger partial charge in [-0.1, -0.05) is 12.1 Å². The van der Waals surface area contributed by atoms with Crippen LogP contribution in [0, 0.1) is 5.41 Å². The van der Waals surface area contributed by atoms with Gasteiger partial charge in [-0.2, -0.15) is 0 Å². The van der Waals surface area contributed by atoms with Crippen LogP contribution >= 0.6 is 0 Å². The minimum Gasteiger partial charge on any atom is -0.481 e. The molecule has 7 heteroatoms. The number of carbonyl (C=O) groups excluding carboxylic acids is 2. The van der Waals surface area contributed by atoms with Gasteiger partial charge in [0.15, 0.2) is 0 Å². The summed E-state index contributed by atoms with van der Waals surface area (Å²) in [7, 11) is 0. The summed E-state index contributed by atoms with van der Waals surface area (Å²) >= 11 is 0. The summed E-state index contributed by atoms with van der Waals surface area (Å²) in [6.07, 6.45) is 1.14. The first-order valence-electron chi connectivity index (χ1n) is 7.93. The second-order valence-electron chi connectivity index (χ2n) is 6.40. The van der Waals surface area contributed by atoms with E-state index in [0.717, 1.165) is 11.3 Å². The van der Waals surface area contributed by atoms with E-state index in [9.17, 15) is 19.5 Å². The number of nitrogens with zero attached hydrogens (tertiary/aromatic N) is 1. The van der Waals surface area contributed by atoms with E-state index in [-0.39, 0.29) is 18.5 Å². The second kappa shape index (κ2) is 7.33. The van der Waals surface area contributed by atoms with Crippen molar-refractivity contribution in [1.29, 1.82) is 0 Å². The summed E-state index contributed by atoms with van der Waals surface area (Å²) in [5.74, 6) is -0.981. The summed E-state index contributed by atoms with van der Waals surface area (Å²) in [5.41, 5.74) is 0.929. The molecule has 1 unspecified atom stereocenters. The third-order valence-corrected chi connectivity index (χ3v) is 4.24. The summed E-state index contributed by atoms with van der Waals surface area (Å²) in [5, 5.41) is 14.7. The van der Waals surface area contributed by atoms with Gasteiger partial charge in [0, 0.05) is 32.2 Å². The lowest BCUT2D eigenvalue weighted by atomic mass is 9.90. The van der Waals surface area contributed by atoms with Crippen LogP contribution in [-0.4, -0.2) is 47.5 Å². The minimum absolute atomic E-state index is 0.117. The molecule has 1 saturated heterocycles. The number of anilines is 1. The number of amides is 3. The van der Waals surface area contributed by atoms with Gasteiger partial charge in [0.2, 0.25) is 5.91 Å². The van der Waals surface area contributed by atoms with E-state index in [1.807, 2.05) is 24.3 Å². The Labute approximate surface area is 141 Å². The molecule has 1 aromatic carbocycles. The first-order valence-corrected chi connectivity index (χ1v) is 7.93. The molecular formula is C17H23N3O4. The van der Waals surface area contributed by atoms with E-state index in [1.165, 1.54) is 6.92 Å². The Balaban J connectivity index is 1.77. The highest BCUT2D eigenvalue weighted by molar-refractivity contribution is 5.88. The molecular weight excluding hydrogens is 310 g/mol. The molecule has 130 valence electrons. The number of hydrogen-bond donors (Lipinski definition) is 3. The Hall–Kier alpha value is -2.57. The van der Waals surface area contributed by atoms with Crippen molar-refractivity contribution in [1.82, 2.24) is 10.2 Å². The molecule has 1 atom stereocenters. The van der Waals surface area contributed by atoms with E-state index in [1.54, 1.807) is 11.8 Å². The molecule has 1 fully saturated rings. The van der Waals surface area contributed by atoms with Gasteiger partial charge in [0.1, 0.15) is 0 Å². The number of carbonyl (C=O) groups is 3. The fourth-order valence-corrected chi connectivity index (χ4v) is 2.69. The molecule has 24 heavy (non-hydrogen) atoms. The normalized spacial score (nSPS) is 19.8. The summed E-state index contributed by atoms with van der Waals surface area (Å²) in [4.78, 5) is 35.8.